The molecule has 1 aromatic carbocycles. The first-order chi connectivity index (χ1) is 15.4. The molecule has 3 atom stereocenters. The van der Waals surface area contributed by atoms with E-state index in [9.17, 15) is 19.8 Å². The van der Waals surface area contributed by atoms with E-state index >= 15 is 0 Å². The standard InChI is InChI=1S/C25H37NO6/c1-3-4-7-16-31-25(30)26-15-9-13-20-17-22(28)18(2)10-5-6-11-19-12-8-14-21(27)23(19)24(29)32-20/h8-9,12,14-15,18,20,22,27-28H,3-7,10-11,13,16-17H2,1-2H3,(H,26,30)/b15-9+. The number of fused-ring (bicyclic) bond motifs is 1. The van der Waals surface area contributed by atoms with Crippen LogP contribution in [0.3, 0.4) is 0 Å². The van der Waals surface area contributed by atoms with E-state index in [2.05, 4.69) is 12.2 Å². The van der Waals surface area contributed by atoms with Gasteiger partial charge < -0.3 is 19.7 Å². The summed E-state index contributed by atoms with van der Waals surface area (Å²) < 4.78 is 10.8. The number of alkyl carbamates (subject to hydrolysis) is 1. The summed E-state index contributed by atoms with van der Waals surface area (Å²) in [7, 11) is 0. The first kappa shape index (κ1) is 25.7. The van der Waals surface area contributed by atoms with Crippen molar-refractivity contribution in [1.82, 2.24) is 5.32 Å². The predicted octanol–water partition coefficient (Wildman–Crippen LogP) is 4.85. The number of nitrogens with one attached hydrogen (secondary N) is 1. The van der Waals surface area contributed by atoms with Crippen LogP contribution in [0.4, 0.5) is 4.79 Å². The van der Waals surface area contributed by atoms with Gasteiger partial charge in [-0.3, -0.25) is 5.32 Å². The number of aromatic hydroxyl groups is 1. The van der Waals surface area contributed by atoms with Gasteiger partial charge >= 0.3 is 12.1 Å². The Bertz CT molecular complexity index is 763. The molecule has 7 heteroatoms. The number of unbranched alkanes of at least 4 members (excludes halogenated alkanes) is 2. The van der Waals surface area contributed by atoms with Gasteiger partial charge in [-0.15, -0.1) is 0 Å². The summed E-state index contributed by atoms with van der Waals surface area (Å²) in [4.78, 5) is 24.6. The highest BCUT2D eigenvalue weighted by molar-refractivity contribution is 5.94. The van der Waals surface area contributed by atoms with Crippen LogP contribution in [-0.4, -0.2) is 41.1 Å². The fraction of sp³-hybridized carbons (Fsp3) is 0.600. The van der Waals surface area contributed by atoms with Crippen molar-refractivity contribution in [1.29, 1.82) is 0 Å². The second kappa shape index (κ2) is 13.8. The lowest BCUT2D eigenvalue weighted by Crippen LogP contribution is -2.28. The third-order valence-electron chi connectivity index (χ3n) is 5.82. The molecule has 0 radical (unpaired) electrons. The van der Waals surface area contributed by atoms with Crippen LogP contribution in [0.2, 0.25) is 0 Å². The van der Waals surface area contributed by atoms with Gasteiger partial charge in [-0.2, -0.15) is 0 Å². The van der Waals surface area contributed by atoms with E-state index in [1.54, 1.807) is 12.1 Å². The number of benzene rings is 1. The lowest BCUT2D eigenvalue weighted by Gasteiger charge is -2.25. The zero-order valence-corrected chi connectivity index (χ0v) is 19.2. The molecule has 3 N–H and O–H groups in total. The molecule has 0 spiro atoms. The minimum atomic E-state index is -0.610. The Morgan fingerprint density at radius 1 is 1.31 bits per heavy atom. The Morgan fingerprint density at radius 2 is 2.12 bits per heavy atom. The van der Waals surface area contributed by atoms with Gasteiger partial charge in [0.2, 0.25) is 0 Å². The Hall–Kier alpha value is -2.54. The molecule has 1 amide bonds. The van der Waals surface area contributed by atoms with E-state index < -0.39 is 24.3 Å². The summed E-state index contributed by atoms with van der Waals surface area (Å²) in [5.74, 6) is -0.611. The summed E-state index contributed by atoms with van der Waals surface area (Å²) >= 11 is 0. The number of rotatable bonds is 7. The summed E-state index contributed by atoms with van der Waals surface area (Å²) in [6.07, 6.45) is 8.23. The van der Waals surface area contributed by atoms with E-state index in [0.717, 1.165) is 44.1 Å². The van der Waals surface area contributed by atoms with Gasteiger partial charge in [0, 0.05) is 19.0 Å². The number of carbonyl (C=O) groups is 2. The van der Waals surface area contributed by atoms with Crippen molar-refractivity contribution in [2.45, 2.75) is 83.8 Å². The van der Waals surface area contributed by atoms with E-state index in [1.165, 1.54) is 12.3 Å². The van der Waals surface area contributed by atoms with Crippen LogP contribution in [0, 0.1) is 5.92 Å². The highest BCUT2D eigenvalue weighted by Crippen LogP contribution is 2.27. The quantitative estimate of drug-likeness (QED) is 0.408. The van der Waals surface area contributed by atoms with Gasteiger partial charge in [-0.05, 0) is 43.2 Å². The number of phenolic OH excluding ortho intramolecular Hbond substituents is 1. The van der Waals surface area contributed by atoms with Crippen molar-refractivity contribution in [3.8, 4) is 5.75 Å². The van der Waals surface area contributed by atoms with Crippen LogP contribution in [0.5, 0.6) is 5.75 Å². The largest absolute Gasteiger partial charge is 0.507 e. The number of ether oxygens (including phenoxy) is 2. The first-order valence-electron chi connectivity index (χ1n) is 11.7. The third-order valence-corrected chi connectivity index (χ3v) is 5.82. The monoisotopic (exact) mass is 447 g/mol. The number of aliphatic hydroxyl groups excluding tert-OH is 1. The Labute approximate surface area is 190 Å². The average Bonchev–Trinajstić information content (AvgIpc) is 2.76. The number of hydrogen-bond donors (Lipinski definition) is 3. The Kier molecular flexibility index (Phi) is 11.1. The number of hydrogen-bond acceptors (Lipinski definition) is 6. The summed E-state index contributed by atoms with van der Waals surface area (Å²) in [6.45, 7) is 4.46. The molecule has 1 heterocycles. The van der Waals surface area contributed by atoms with Crippen LogP contribution in [0.1, 0.15) is 81.1 Å². The smallest absolute Gasteiger partial charge is 0.411 e. The average molecular weight is 448 g/mol. The number of aliphatic hydroxyl groups is 1. The minimum Gasteiger partial charge on any atom is -0.507 e. The molecule has 178 valence electrons. The van der Waals surface area contributed by atoms with Crippen molar-refractivity contribution in [3.63, 3.8) is 0 Å². The molecule has 3 unspecified atom stereocenters. The summed E-state index contributed by atoms with van der Waals surface area (Å²) in [6, 6.07) is 5.05. The van der Waals surface area contributed by atoms with Crippen molar-refractivity contribution in [2.24, 2.45) is 5.92 Å². The molecule has 7 nitrogen and oxygen atoms in total. The van der Waals surface area contributed by atoms with Gasteiger partial charge in [0.05, 0.1) is 12.7 Å². The maximum Gasteiger partial charge on any atom is 0.411 e. The lowest BCUT2D eigenvalue weighted by molar-refractivity contribution is 0.00529. The number of cyclic esters (lactones) is 1. The van der Waals surface area contributed by atoms with Gasteiger partial charge in [-0.25, -0.2) is 9.59 Å². The molecule has 0 saturated carbocycles. The molecule has 0 fully saturated rings. The van der Waals surface area contributed by atoms with Crippen LogP contribution >= 0.6 is 0 Å². The second-order valence-electron chi connectivity index (χ2n) is 8.49. The van der Waals surface area contributed by atoms with E-state index in [1.807, 2.05) is 13.0 Å². The molecule has 0 bridgehead atoms. The zero-order valence-electron chi connectivity index (χ0n) is 19.2. The van der Waals surface area contributed by atoms with Crippen molar-refractivity contribution >= 4 is 12.1 Å². The lowest BCUT2D eigenvalue weighted by atomic mass is 9.91. The fourth-order valence-corrected chi connectivity index (χ4v) is 3.81. The van der Waals surface area contributed by atoms with E-state index in [-0.39, 0.29) is 23.7 Å². The van der Waals surface area contributed by atoms with Gasteiger partial charge in [0.15, 0.2) is 0 Å². The third kappa shape index (κ3) is 8.54. The maximum atomic E-state index is 12.9. The second-order valence-corrected chi connectivity index (χ2v) is 8.49. The minimum absolute atomic E-state index is 0.0829. The van der Waals surface area contributed by atoms with Gasteiger partial charge in [0.1, 0.15) is 17.4 Å². The van der Waals surface area contributed by atoms with Crippen molar-refractivity contribution < 1.29 is 29.3 Å². The Morgan fingerprint density at radius 3 is 2.91 bits per heavy atom. The van der Waals surface area contributed by atoms with Crippen LogP contribution in [-0.2, 0) is 15.9 Å². The SMILES string of the molecule is CCCCCOC(=O)N/C=C/CC1CC(O)C(C)CCCCc2cccc(O)c2C(=O)O1. The van der Waals surface area contributed by atoms with Gasteiger partial charge in [-0.1, -0.05) is 51.3 Å². The molecular formula is C25H37NO6. The topological polar surface area (TPSA) is 105 Å². The van der Waals surface area contributed by atoms with Crippen molar-refractivity contribution in [3.05, 3.63) is 41.6 Å². The predicted molar refractivity (Wildman–Crippen MR) is 122 cm³/mol. The van der Waals surface area contributed by atoms with Gasteiger partial charge in [0.25, 0.3) is 0 Å². The first-order valence-corrected chi connectivity index (χ1v) is 11.7. The molecular weight excluding hydrogens is 410 g/mol. The van der Waals surface area contributed by atoms with E-state index in [4.69, 9.17) is 9.47 Å². The molecule has 1 aliphatic heterocycles. The molecule has 0 saturated heterocycles. The highest BCUT2D eigenvalue weighted by atomic mass is 16.5. The zero-order chi connectivity index (χ0) is 23.3. The fourth-order valence-electron chi connectivity index (χ4n) is 3.81. The van der Waals surface area contributed by atoms with Crippen LogP contribution in [0.25, 0.3) is 0 Å². The van der Waals surface area contributed by atoms with Crippen LogP contribution in [0.15, 0.2) is 30.5 Å². The number of amides is 1. The molecule has 1 aliphatic rings. The summed E-state index contributed by atoms with van der Waals surface area (Å²) in [5.41, 5.74) is 0.962. The van der Waals surface area contributed by atoms with Crippen LogP contribution < -0.4 is 5.32 Å². The molecule has 2 rings (SSSR count). The molecule has 0 aromatic heterocycles. The summed E-state index contributed by atoms with van der Waals surface area (Å²) in [5, 5.41) is 23.4. The number of aryl methyl sites for hydroxylation is 1. The van der Waals surface area contributed by atoms with Crippen molar-refractivity contribution in [2.75, 3.05) is 6.61 Å². The molecule has 1 aromatic rings. The Balaban J connectivity index is 2.03. The number of esters is 1. The normalized spacial score (nSPS) is 22.3. The number of carbonyl (C=O) groups excluding carboxylic acids is 2. The highest BCUT2D eigenvalue weighted by Gasteiger charge is 2.26. The molecule has 0 aliphatic carbocycles. The van der Waals surface area contributed by atoms with E-state index in [0.29, 0.717) is 19.4 Å². The number of phenols is 1. The maximum absolute atomic E-state index is 12.9. The molecule has 32 heavy (non-hydrogen) atoms.